The zero-order chi connectivity index (χ0) is 22.9. The highest BCUT2D eigenvalue weighted by Crippen LogP contribution is 2.40. The zero-order valence-corrected chi connectivity index (χ0v) is 18.4. The van der Waals surface area contributed by atoms with Gasteiger partial charge in [0, 0.05) is 11.6 Å². The monoisotopic (exact) mass is 465 g/mol. The number of alkyl halides is 1. The van der Waals surface area contributed by atoms with Crippen molar-refractivity contribution >= 4 is 34.7 Å². The molecule has 11 heteroatoms. The molecule has 2 aliphatic rings. The summed E-state index contributed by atoms with van der Waals surface area (Å²) in [7, 11) is 0. The number of hydrogen-bond acceptors (Lipinski definition) is 8. The van der Waals surface area contributed by atoms with Gasteiger partial charge in [-0.1, -0.05) is 11.6 Å². The van der Waals surface area contributed by atoms with Gasteiger partial charge in [-0.05, 0) is 56.8 Å². The molecule has 0 amide bonds. The van der Waals surface area contributed by atoms with Gasteiger partial charge < -0.3 is 16.0 Å². The third-order valence-corrected chi connectivity index (χ3v) is 6.39. The largest absolute Gasteiger partial charge is 0.364 e. The van der Waals surface area contributed by atoms with Gasteiger partial charge in [0.1, 0.15) is 12.2 Å². The van der Waals surface area contributed by atoms with Gasteiger partial charge in [0.05, 0.1) is 28.5 Å². The molecule has 3 N–H and O–H groups in total. The Bertz CT molecular complexity index is 1280. The Morgan fingerprint density at radius 2 is 1.97 bits per heavy atom. The number of aromatic nitrogens is 4. The number of imidazole rings is 1. The van der Waals surface area contributed by atoms with Crippen molar-refractivity contribution in [3.05, 3.63) is 40.2 Å². The molecule has 1 aliphatic carbocycles. The molecular formula is C22H21ClFN9. The lowest BCUT2D eigenvalue weighted by Gasteiger charge is -2.27. The molecule has 0 spiro atoms. The maximum atomic E-state index is 15.5. The van der Waals surface area contributed by atoms with E-state index in [4.69, 9.17) is 11.6 Å². The molecule has 168 valence electrons. The van der Waals surface area contributed by atoms with Crippen LogP contribution in [-0.4, -0.2) is 38.7 Å². The Kier molecular flexibility index (Phi) is 5.71. The van der Waals surface area contributed by atoms with E-state index in [1.54, 1.807) is 6.07 Å². The first kappa shape index (κ1) is 21.4. The molecule has 0 bridgehead atoms. The molecule has 33 heavy (non-hydrogen) atoms. The molecule has 3 aromatic rings. The van der Waals surface area contributed by atoms with Gasteiger partial charge in [0.15, 0.2) is 17.2 Å². The fraction of sp³-hybridized carbons (Fsp3) is 0.409. The molecule has 9 nitrogen and oxygen atoms in total. The first-order valence-electron chi connectivity index (χ1n) is 10.8. The molecule has 1 saturated heterocycles. The summed E-state index contributed by atoms with van der Waals surface area (Å²) in [4.78, 5) is 8.77. The van der Waals surface area contributed by atoms with E-state index in [1.807, 2.05) is 0 Å². The summed E-state index contributed by atoms with van der Waals surface area (Å²) in [5, 5.41) is 33.1. The van der Waals surface area contributed by atoms with Crippen molar-refractivity contribution in [1.29, 1.82) is 10.5 Å². The highest BCUT2D eigenvalue weighted by molar-refractivity contribution is 6.34. The predicted molar refractivity (Wildman–Crippen MR) is 121 cm³/mol. The van der Waals surface area contributed by atoms with Crippen molar-refractivity contribution in [3.63, 3.8) is 0 Å². The lowest BCUT2D eigenvalue weighted by Crippen LogP contribution is -2.30. The van der Waals surface area contributed by atoms with Crippen molar-refractivity contribution < 1.29 is 4.39 Å². The van der Waals surface area contributed by atoms with E-state index in [9.17, 15) is 10.5 Å². The van der Waals surface area contributed by atoms with Gasteiger partial charge in [0.2, 0.25) is 5.95 Å². The molecule has 1 aliphatic heterocycles. The summed E-state index contributed by atoms with van der Waals surface area (Å²) in [5.41, 5.74) is 1.59. The topological polar surface area (TPSA) is 127 Å². The van der Waals surface area contributed by atoms with Gasteiger partial charge in [-0.3, -0.25) is 0 Å². The number of halogens is 2. The lowest BCUT2D eigenvalue weighted by molar-refractivity contribution is 0.190. The van der Waals surface area contributed by atoms with Crippen molar-refractivity contribution in [2.75, 3.05) is 23.7 Å². The summed E-state index contributed by atoms with van der Waals surface area (Å²) in [6.07, 6.45) is 3.59. The van der Waals surface area contributed by atoms with Crippen molar-refractivity contribution in [1.82, 2.24) is 24.9 Å². The van der Waals surface area contributed by atoms with E-state index in [2.05, 4.69) is 43.2 Å². The summed E-state index contributed by atoms with van der Waals surface area (Å²) >= 11 is 6.62. The van der Waals surface area contributed by atoms with Crippen LogP contribution in [0.25, 0.3) is 5.65 Å². The van der Waals surface area contributed by atoms with Crippen LogP contribution in [-0.2, 0) is 0 Å². The Balaban J connectivity index is 1.53. The molecule has 1 saturated carbocycles. The molecule has 0 radical (unpaired) electrons. The Morgan fingerprint density at radius 3 is 2.67 bits per heavy atom. The minimum Gasteiger partial charge on any atom is -0.364 e. The van der Waals surface area contributed by atoms with E-state index in [1.165, 1.54) is 16.8 Å². The summed E-state index contributed by atoms with van der Waals surface area (Å²) in [5.74, 6) is 0.472. The fourth-order valence-electron chi connectivity index (χ4n) is 4.04. The second-order valence-corrected chi connectivity index (χ2v) is 8.72. The molecule has 1 unspecified atom stereocenters. The Hall–Kier alpha value is -3.47. The Morgan fingerprint density at radius 1 is 1.18 bits per heavy atom. The quantitative estimate of drug-likeness (QED) is 0.501. The number of anilines is 3. The summed E-state index contributed by atoms with van der Waals surface area (Å²) < 4.78 is 16.9. The van der Waals surface area contributed by atoms with Gasteiger partial charge in [-0.15, -0.1) is 5.10 Å². The van der Waals surface area contributed by atoms with E-state index in [-0.39, 0.29) is 33.7 Å². The molecule has 2 aromatic heterocycles. The maximum Gasteiger partial charge on any atom is 0.247 e. The second kappa shape index (κ2) is 8.81. The number of nitrogens with zero attached hydrogens (tertiary/aromatic N) is 6. The van der Waals surface area contributed by atoms with Crippen LogP contribution in [0.5, 0.6) is 0 Å². The SMILES string of the molecule is N#Cc1cc(Nc2nc(NC3CC3)c3ncc(C#N)n3n2)c(Cl)c(C(F)C2CCNCC2)c1. The van der Waals surface area contributed by atoms with E-state index in [0.717, 1.165) is 25.9 Å². The highest BCUT2D eigenvalue weighted by Gasteiger charge is 2.28. The van der Waals surface area contributed by atoms with E-state index in [0.29, 0.717) is 36.0 Å². The van der Waals surface area contributed by atoms with Crippen LogP contribution >= 0.6 is 11.6 Å². The molecular weight excluding hydrogens is 445 g/mol. The first-order valence-corrected chi connectivity index (χ1v) is 11.2. The van der Waals surface area contributed by atoms with Crippen molar-refractivity contribution in [2.24, 2.45) is 5.92 Å². The lowest BCUT2D eigenvalue weighted by atomic mass is 9.88. The standard InChI is InChI=1S/C22H21ClFN9/c23-18-16(19(24)13-3-5-27-6-4-13)7-12(9-25)8-17(18)30-22-31-20(29-14-1-2-14)21-28-11-15(10-26)33(21)32-22/h7-8,11,13-14,19,27H,1-6H2,(H2,29,30,31,32). The van der Waals surface area contributed by atoms with Crippen molar-refractivity contribution in [3.8, 4) is 12.1 Å². The average Bonchev–Trinajstić information content (AvgIpc) is 3.56. The zero-order valence-electron chi connectivity index (χ0n) is 17.6. The number of hydrogen-bond donors (Lipinski definition) is 3. The molecule has 3 heterocycles. The summed E-state index contributed by atoms with van der Waals surface area (Å²) in [6, 6.07) is 7.49. The number of benzene rings is 1. The van der Waals surface area contributed by atoms with Crippen LogP contribution in [0.1, 0.15) is 48.7 Å². The van der Waals surface area contributed by atoms with Crippen LogP contribution in [0.15, 0.2) is 18.3 Å². The van der Waals surface area contributed by atoms with Gasteiger partial charge >= 0.3 is 0 Å². The normalized spacial score (nSPS) is 17.3. The van der Waals surface area contributed by atoms with E-state index >= 15 is 4.39 Å². The number of piperidine rings is 1. The van der Waals surface area contributed by atoms with Crippen LogP contribution in [0.2, 0.25) is 5.02 Å². The predicted octanol–water partition coefficient (Wildman–Crippen LogP) is 3.85. The third-order valence-electron chi connectivity index (χ3n) is 5.97. The number of nitriles is 2. The van der Waals surface area contributed by atoms with E-state index < -0.39 is 6.17 Å². The number of nitrogens with one attached hydrogen (secondary N) is 3. The average molecular weight is 466 g/mol. The third kappa shape index (κ3) is 4.28. The Labute approximate surface area is 194 Å². The minimum absolute atomic E-state index is 0.153. The van der Waals surface area contributed by atoms with Gasteiger partial charge in [-0.2, -0.15) is 20.0 Å². The maximum absolute atomic E-state index is 15.5. The fourth-order valence-corrected chi connectivity index (χ4v) is 4.30. The minimum atomic E-state index is -1.29. The van der Waals surface area contributed by atoms with Gasteiger partial charge in [-0.25, -0.2) is 9.37 Å². The molecule has 2 fully saturated rings. The summed E-state index contributed by atoms with van der Waals surface area (Å²) in [6.45, 7) is 1.50. The smallest absolute Gasteiger partial charge is 0.247 e. The highest BCUT2D eigenvalue weighted by atomic mass is 35.5. The van der Waals surface area contributed by atoms with Gasteiger partial charge in [0.25, 0.3) is 0 Å². The number of rotatable bonds is 6. The van der Waals surface area contributed by atoms with Crippen LogP contribution in [0.4, 0.5) is 21.8 Å². The van der Waals surface area contributed by atoms with Crippen LogP contribution in [0.3, 0.4) is 0 Å². The first-order chi connectivity index (χ1) is 16.1. The second-order valence-electron chi connectivity index (χ2n) is 8.35. The number of fused-ring (bicyclic) bond motifs is 1. The van der Waals surface area contributed by atoms with Crippen LogP contribution < -0.4 is 16.0 Å². The van der Waals surface area contributed by atoms with Crippen molar-refractivity contribution in [2.45, 2.75) is 37.9 Å². The van der Waals surface area contributed by atoms with Crippen LogP contribution in [0, 0.1) is 28.6 Å². The molecule has 5 rings (SSSR count). The molecule has 1 aromatic carbocycles. The molecule has 1 atom stereocenters.